The number of hydrogen-bond donors (Lipinski definition) is 0. The Balaban J connectivity index is 2.04. The molecule has 0 amide bonds. The second-order valence-corrected chi connectivity index (χ2v) is 7.37. The van der Waals surface area contributed by atoms with E-state index in [4.69, 9.17) is 23.2 Å². The van der Waals surface area contributed by atoms with Gasteiger partial charge in [-0.15, -0.1) is 0 Å². The molecule has 0 radical (unpaired) electrons. The molecule has 2 nitrogen and oxygen atoms in total. The van der Waals surface area contributed by atoms with Crippen LogP contribution in [0.3, 0.4) is 0 Å². The van der Waals surface area contributed by atoms with E-state index in [-0.39, 0.29) is 5.78 Å². The number of hydrogen-bond acceptors (Lipinski definition) is 2. The molecule has 0 aliphatic carbocycles. The predicted molar refractivity (Wildman–Crippen MR) is 94.6 cm³/mol. The Morgan fingerprint density at radius 1 is 1.18 bits per heavy atom. The molecule has 1 aliphatic heterocycles. The minimum Gasteiger partial charge on any atom is -0.302 e. The molecular formula is C18H23Cl2NO. The normalized spacial score (nSPS) is 17.1. The van der Waals surface area contributed by atoms with Crippen molar-refractivity contribution < 1.29 is 4.79 Å². The Kier molecular flexibility index (Phi) is 6.08. The monoisotopic (exact) mass is 339 g/mol. The third kappa shape index (κ3) is 4.58. The molecule has 0 spiro atoms. The van der Waals surface area contributed by atoms with Gasteiger partial charge >= 0.3 is 0 Å². The first-order valence-corrected chi connectivity index (χ1v) is 8.54. The van der Waals surface area contributed by atoms with E-state index in [1.54, 1.807) is 30.4 Å². The molecule has 1 aliphatic rings. The van der Waals surface area contributed by atoms with Crippen molar-refractivity contribution in [3.8, 4) is 0 Å². The molecule has 0 N–H and O–H groups in total. The van der Waals surface area contributed by atoms with Crippen LogP contribution in [-0.4, -0.2) is 30.3 Å². The molecule has 1 saturated heterocycles. The van der Waals surface area contributed by atoms with Gasteiger partial charge in [0.1, 0.15) is 0 Å². The van der Waals surface area contributed by atoms with Crippen LogP contribution in [0.15, 0.2) is 24.3 Å². The molecule has 120 valence electrons. The van der Waals surface area contributed by atoms with Crippen LogP contribution in [0.25, 0.3) is 6.08 Å². The summed E-state index contributed by atoms with van der Waals surface area (Å²) < 4.78 is 0. The van der Waals surface area contributed by atoms with Crippen molar-refractivity contribution in [1.29, 1.82) is 0 Å². The van der Waals surface area contributed by atoms with E-state index in [2.05, 4.69) is 4.90 Å². The van der Waals surface area contributed by atoms with Crippen LogP contribution < -0.4 is 0 Å². The van der Waals surface area contributed by atoms with Crippen molar-refractivity contribution in [1.82, 2.24) is 4.90 Å². The van der Waals surface area contributed by atoms with Crippen molar-refractivity contribution in [2.75, 3.05) is 19.6 Å². The Hall–Kier alpha value is -0.830. The number of allylic oxidation sites excluding steroid dienone is 1. The molecule has 1 aromatic carbocycles. The predicted octanol–water partition coefficient (Wildman–Crippen LogP) is 5.09. The van der Waals surface area contributed by atoms with Crippen LogP contribution in [0.4, 0.5) is 0 Å². The average molecular weight is 340 g/mol. The molecule has 2 rings (SSSR count). The summed E-state index contributed by atoms with van der Waals surface area (Å²) in [7, 11) is 0. The number of piperidine rings is 1. The Morgan fingerprint density at radius 2 is 1.77 bits per heavy atom. The average Bonchev–Trinajstić information content (AvgIpc) is 2.47. The van der Waals surface area contributed by atoms with Crippen LogP contribution in [0.2, 0.25) is 10.0 Å². The fourth-order valence-electron chi connectivity index (χ4n) is 2.81. The summed E-state index contributed by atoms with van der Waals surface area (Å²) in [6.45, 7) is 6.99. The largest absolute Gasteiger partial charge is 0.302 e. The van der Waals surface area contributed by atoms with E-state index in [0.29, 0.717) is 15.6 Å². The molecule has 4 heteroatoms. The fraction of sp³-hybridized carbons (Fsp3) is 0.500. The molecule has 1 heterocycles. The first kappa shape index (κ1) is 17.5. The van der Waals surface area contributed by atoms with Crippen molar-refractivity contribution in [3.63, 3.8) is 0 Å². The van der Waals surface area contributed by atoms with Gasteiger partial charge in [0, 0.05) is 27.6 Å². The maximum atomic E-state index is 12.5. The first-order valence-electron chi connectivity index (χ1n) is 7.79. The lowest BCUT2D eigenvalue weighted by molar-refractivity contribution is -0.123. The summed E-state index contributed by atoms with van der Waals surface area (Å²) in [6.07, 6.45) is 7.10. The molecule has 0 saturated carbocycles. The standard InChI is InChI=1S/C18H23Cl2NO/c1-18(2,13-21-11-4-3-5-12-21)17(22)10-9-14-15(19)7-6-8-16(14)20/h6-10H,3-5,11-13H2,1-2H3/b10-9-. The van der Waals surface area contributed by atoms with Gasteiger partial charge in [-0.2, -0.15) is 0 Å². The number of halogens is 2. The van der Waals surface area contributed by atoms with Gasteiger partial charge in [-0.1, -0.05) is 49.5 Å². The van der Waals surface area contributed by atoms with Gasteiger partial charge in [-0.25, -0.2) is 0 Å². The zero-order chi connectivity index (χ0) is 16.2. The summed E-state index contributed by atoms with van der Waals surface area (Å²) in [5.41, 5.74) is 0.301. The summed E-state index contributed by atoms with van der Waals surface area (Å²) in [4.78, 5) is 14.9. The molecule has 22 heavy (non-hydrogen) atoms. The highest BCUT2D eigenvalue weighted by Gasteiger charge is 2.28. The molecule has 0 bridgehead atoms. The SMILES string of the molecule is CC(C)(CN1CCCCC1)C(=O)/C=C\c1c(Cl)cccc1Cl. The lowest BCUT2D eigenvalue weighted by Gasteiger charge is -2.33. The maximum Gasteiger partial charge on any atom is 0.162 e. The summed E-state index contributed by atoms with van der Waals surface area (Å²) in [5, 5.41) is 1.12. The zero-order valence-electron chi connectivity index (χ0n) is 13.2. The Morgan fingerprint density at radius 3 is 2.36 bits per heavy atom. The lowest BCUT2D eigenvalue weighted by Crippen LogP contribution is -2.41. The topological polar surface area (TPSA) is 20.3 Å². The van der Waals surface area contributed by atoms with Gasteiger partial charge in [0.2, 0.25) is 0 Å². The smallest absolute Gasteiger partial charge is 0.162 e. The number of benzene rings is 1. The van der Waals surface area contributed by atoms with Gasteiger partial charge in [0.25, 0.3) is 0 Å². The minimum absolute atomic E-state index is 0.106. The van der Waals surface area contributed by atoms with E-state index in [1.807, 2.05) is 13.8 Å². The molecule has 1 fully saturated rings. The highest BCUT2D eigenvalue weighted by molar-refractivity contribution is 6.37. The first-order chi connectivity index (χ1) is 10.4. The van der Waals surface area contributed by atoms with Crippen molar-refractivity contribution >= 4 is 35.1 Å². The summed E-state index contributed by atoms with van der Waals surface area (Å²) >= 11 is 12.3. The van der Waals surface area contributed by atoms with Gasteiger partial charge in [-0.05, 0) is 50.2 Å². The Bertz CT molecular complexity index is 540. The van der Waals surface area contributed by atoms with Crippen molar-refractivity contribution in [2.24, 2.45) is 5.41 Å². The van der Waals surface area contributed by atoms with E-state index < -0.39 is 5.41 Å². The van der Waals surface area contributed by atoms with Gasteiger partial charge in [0.05, 0.1) is 0 Å². The van der Waals surface area contributed by atoms with Crippen LogP contribution in [0.5, 0.6) is 0 Å². The minimum atomic E-state index is -0.401. The fourth-order valence-corrected chi connectivity index (χ4v) is 3.33. The Labute approximate surface area is 143 Å². The van der Waals surface area contributed by atoms with Gasteiger partial charge in [-0.3, -0.25) is 4.79 Å². The van der Waals surface area contributed by atoms with Crippen LogP contribution in [-0.2, 0) is 4.79 Å². The number of nitrogens with zero attached hydrogens (tertiary/aromatic N) is 1. The number of carbonyl (C=O) groups excluding carboxylic acids is 1. The summed E-state index contributed by atoms with van der Waals surface area (Å²) in [6, 6.07) is 5.34. The maximum absolute atomic E-state index is 12.5. The van der Waals surface area contributed by atoms with Crippen LogP contribution in [0.1, 0.15) is 38.7 Å². The van der Waals surface area contributed by atoms with E-state index in [0.717, 1.165) is 19.6 Å². The molecule has 1 aromatic rings. The lowest BCUT2D eigenvalue weighted by atomic mass is 9.86. The molecule has 0 unspecified atom stereocenters. The molecule has 0 atom stereocenters. The molecular weight excluding hydrogens is 317 g/mol. The third-order valence-electron chi connectivity index (χ3n) is 4.14. The van der Waals surface area contributed by atoms with Gasteiger partial charge in [0.15, 0.2) is 5.78 Å². The number of carbonyl (C=O) groups is 1. The van der Waals surface area contributed by atoms with E-state index in [1.165, 1.54) is 19.3 Å². The highest BCUT2D eigenvalue weighted by atomic mass is 35.5. The second kappa shape index (κ2) is 7.63. The number of likely N-dealkylation sites (tertiary alicyclic amines) is 1. The third-order valence-corrected chi connectivity index (χ3v) is 4.79. The van der Waals surface area contributed by atoms with E-state index >= 15 is 0 Å². The second-order valence-electron chi connectivity index (χ2n) is 6.55. The van der Waals surface area contributed by atoms with Crippen LogP contribution in [0, 0.1) is 5.41 Å². The highest BCUT2D eigenvalue weighted by Crippen LogP contribution is 2.27. The van der Waals surface area contributed by atoms with E-state index in [9.17, 15) is 4.79 Å². The van der Waals surface area contributed by atoms with Crippen molar-refractivity contribution in [3.05, 3.63) is 39.9 Å². The number of ketones is 1. The quantitative estimate of drug-likeness (QED) is 0.696. The molecule has 0 aromatic heterocycles. The summed E-state index contributed by atoms with van der Waals surface area (Å²) in [5.74, 6) is 0.106. The van der Waals surface area contributed by atoms with Crippen molar-refractivity contribution in [2.45, 2.75) is 33.1 Å². The zero-order valence-corrected chi connectivity index (χ0v) is 14.8. The van der Waals surface area contributed by atoms with Gasteiger partial charge < -0.3 is 4.90 Å². The van der Waals surface area contributed by atoms with Crippen LogP contribution >= 0.6 is 23.2 Å². The number of rotatable bonds is 5.